The summed E-state index contributed by atoms with van der Waals surface area (Å²) >= 11 is 1.24. The van der Waals surface area contributed by atoms with E-state index in [-0.39, 0.29) is 17.8 Å². The summed E-state index contributed by atoms with van der Waals surface area (Å²) in [7, 11) is 0. The Kier molecular flexibility index (Phi) is 5.53. The van der Waals surface area contributed by atoms with Crippen molar-refractivity contribution < 1.29 is 9.18 Å². The van der Waals surface area contributed by atoms with Gasteiger partial charge in [-0.1, -0.05) is 53.8 Å². The predicted molar refractivity (Wildman–Crippen MR) is 110 cm³/mol. The third kappa shape index (κ3) is 4.61. The second-order valence-corrected chi connectivity index (χ2v) is 7.01. The number of amides is 1. The van der Waals surface area contributed by atoms with Crippen LogP contribution in [0, 0.1) is 5.82 Å². The number of benzene rings is 2. The molecule has 29 heavy (non-hydrogen) atoms. The molecule has 2 heterocycles. The van der Waals surface area contributed by atoms with Crippen molar-refractivity contribution in [2.75, 3.05) is 10.6 Å². The Bertz CT molecular complexity index is 1090. The van der Waals surface area contributed by atoms with E-state index in [2.05, 4.69) is 25.8 Å². The quantitative estimate of drug-likeness (QED) is 0.493. The van der Waals surface area contributed by atoms with Crippen LogP contribution in [0.5, 0.6) is 0 Å². The van der Waals surface area contributed by atoms with Crippen LogP contribution in [0.4, 0.5) is 15.3 Å². The number of hydrogen-bond donors (Lipinski definition) is 2. The molecule has 1 unspecified atom stereocenters. The SMILES string of the molecule is O=C(Nc1nncs1)c1ccc(NC(c2ccccc2)c2cccc(F)c2)nc1. The van der Waals surface area contributed by atoms with E-state index in [0.29, 0.717) is 16.5 Å². The number of halogens is 1. The maximum absolute atomic E-state index is 13.8. The molecular weight excluding hydrogens is 389 g/mol. The Hall–Kier alpha value is -3.65. The van der Waals surface area contributed by atoms with Gasteiger partial charge in [-0.2, -0.15) is 0 Å². The van der Waals surface area contributed by atoms with E-state index in [1.807, 2.05) is 36.4 Å². The van der Waals surface area contributed by atoms with Gasteiger partial charge in [0.25, 0.3) is 5.91 Å². The number of pyridine rings is 1. The first-order valence-electron chi connectivity index (χ1n) is 8.79. The van der Waals surface area contributed by atoms with E-state index in [1.165, 1.54) is 35.2 Å². The maximum atomic E-state index is 13.8. The van der Waals surface area contributed by atoms with Crippen molar-refractivity contribution in [3.05, 3.63) is 101 Å². The van der Waals surface area contributed by atoms with Gasteiger partial charge >= 0.3 is 0 Å². The molecule has 0 saturated heterocycles. The molecule has 4 aromatic rings. The van der Waals surface area contributed by atoms with Gasteiger partial charge < -0.3 is 5.32 Å². The summed E-state index contributed by atoms with van der Waals surface area (Å²) in [6, 6.07) is 19.2. The number of aromatic nitrogens is 3. The second kappa shape index (κ2) is 8.57. The number of rotatable bonds is 6. The fraction of sp³-hybridized carbons (Fsp3) is 0.0476. The monoisotopic (exact) mass is 405 g/mol. The van der Waals surface area contributed by atoms with Gasteiger partial charge in [0.1, 0.15) is 17.1 Å². The summed E-state index contributed by atoms with van der Waals surface area (Å²) in [6.07, 6.45) is 1.48. The first-order chi connectivity index (χ1) is 14.2. The van der Waals surface area contributed by atoms with Gasteiger partial charge in [0.15, 0.2) is 0 Å². The van der Waals surface area contributed by atoms with Crippen LogP contribution in [-0.2, 0) is 0 Å². The van der Waals surface area contributed by atoms with Gasteiger partial charge in [0.2, 0.25) is 5.13 Å². The maximum Gasteiger partial charge on any atom is 0.259 e. The summed E-state index contributed by atoms with van der Waals surface area (Å²) in [5, 5.41) is 13.9. The highest BCUT2D eigenvalue weighted by molar-refractivity contribution is 7.13. The van der Waals surface area contributed by atoms with Crippen LogP contribution in [0.3, 0.4) is 0 Å². The van der Waals surface area contributed by atoms with Crippen molar-refractivity contribution in [3.8, 4) is 0 Å². The molecular formula is C21H16FN5OS. The Labute approximate surface area is 170 Å². The molecule has 8 heteroatoms. The van der Waals surface area contributed by atoms with Crippen molar-refractivity contribution in [2.45, 2.75) is 6.04 Å². The summed E-state index contributed by atoms with van der Waals surface area (Å²) in [5.41, 5.74) is 3.68. The topological polar surface area (TPSA) is 79.8 Å². The van der Waals surface area contributed by atoms with Crippen molar-refractivity contribution in [1.29, 1.82) is 0 Å². The molecule has 4 rings (SSSR count). The zero-order valence-electron chi connectivity index (χ0n) is 15.1. The lowest BCUT2D eigenvalue weighted by Gasteiger charge is -2.20. The van der Waals surface area contributed by atoms with Gasteiger partial charge in [-0.25, -0.2) is 9.37 Å². The number of nitrogens with zero attached hydrogens (tertiary/aromatic N) is 3. The molecule has 0 bridgehead atoms. The van der Waals surface area contributed by atoms with E-state index in [9.17, 15) is 9.18 Å². The highest BCUT2D eigenvalue weighted by Crippen LogP contribution is 2.26. The first kappa shape index (κ1) is 18.7. The summed E-state index contributed by atoms with van der Waals surface area (Å²) < 4.78 is 13.8. The summed E-state index contributed by atoms with van der Waals surface area (Å²) in [4.78, 5) is 16.6. The van der Waals surface area contributed by atoms with Crippen LogP contribution in [-0.4, -0.2) is 21.1 Å². The predicted octanol–water partition coefficient (Wildman–Crippen LogP) is 4.53. The molecule has 0 saturated carbocycles. The van der Waals surface area contributed by atoms with Crippen LogP contribution in [0.15, 0.2) is 78.4 Å². The zero-order valence-corrected chi connectivity index (χ0v) is 15.9. The molecule has 2 aromatic carbocycles. The second-order valence-electron chi connectivity index (χ2n) is 6.17. The van der Waals surface area contributed by atoms with Crippen molar-refractivity contribution in [2.24, 2.45) is 0 Å². The number of carbonyl (C=O) groups excluding carboxylic acids is 1. The minimum Gasteiger partial charge on any atom is -0.359 e. The normalized spacial score (nSPS) is 11.6. The van der Waals surface area contributed by atoms with E-state index < -0.39 is 0 Å². The average Bonchev–Trinajstić information content (AvgIpc) is 3.26. The molecule has 6 nitrogen and oxygen atoms in total. The molecule has 0 radical (unpaired) electrons. The molecule has 0 spiro atoms. The fourth-order valence-electron chi connectivity index (χ4n) is 2.85. The van der Waals surface area contributed by atoms with Gasteiger partial charge in [0, 0.05) is 6.20 Å². The Balaban J connectivity index is 1.55. The smallest absolute Gasteiger partial charge is 0.259 e. The lowest BCUT2D eigenvalue weighted by molar-refractivity contribution is 0.102. The number of carbonyl (C=O) groups is 1. The van der Waals surface area contributed by atoms with Crippen LogP contribution in [0.1, 0.15) is 27.5 Å². The van der Waals surface area contributed by atoms with Crippen LogP contribution < -0.4 is 10.6 Å². The van der Waals surface area contributed by atoms with E-state index >= 15 is 0 Å². The standard InChI is InChI=1S/C21H16FN5OS/c22-17-8-4-7-15(11-17)19(14-5-2-1-3-6-14)25-18-10-9-16(12-23-18)20(28)26-21-27-24-13-29-21/h1-13,19H,(H,23,25)(H,26,27,28). The Morgan fingerprint density at radius 1 is 1.00 bits per heavy atom. The molecule has 0 aliphatic carbocycles. The number of anilines is 2. The number of nitrogens with one attached hydrogen (secondary N) is 2. The highest BCUT2D eigenvalue weighted by Gasteiger charge is 2.16. The van der Waals surface area contributed by atoms with Gasteiger partial charge in [-0.3, -0.25) is 10.1 Å². The van der Waals surface area contributed by atoms with Crippen molar-refractivity contribution in [3.63, 3.8) is 0 Å². The van der Waals surface area contributed by atoms with Crippen molar-refractivity contribution in [1.82, 2.24) is 15.2 Å². The minimum atomic E-state index is -0.314. The molecule has 0 aliphatic rings. The lowest BCUT2D eigenvalue weighted by atomic mass is 9.98. The fourth-order valence-corrected chi connectivity index (χ4v) is 3.29. The molecule has 2 aromatic heterocycles. The van der Waals surface area contributed by atoms with Crippen molar-refractivity contribution >= 4 is 28.2 Å². The largest absolute Gasteiger partial charge is 0.359 e. The Morgan fingerprint density at radius 3 is 2.52 bits per heavy atom. The van der Waals surface area contributed by atoms with Gasteiger partial charge in [-0.05, 0) is 35.4 Å². The average molecular weight is 405 g/mol. The molecule has 0 aliphatic heterocycles. The van der Waals surface area contributed by atoms with Crippen LogP contribution in [0.25, 0.3) is 0 Å². The first-order valence-corrected chi connectivity index (χ1v) is 9.67. The molecule has 1 amide bonds. The van der Waals surface area contributed by atoms with Crippen LogP contribution >= 0.6 is 11.3 Å². The van der Waals surface area contributed by atoms with Gasteiger partial charge in [-0.15, -0.1) is 10.2 Å². The molecule has 144 valence electrons. The minimum absolute atomic E-state index is 0.291. The Morgan fingerprint density at radius 2 is 1.83 bits per heavy atom. The van der Waals surface area contributed by atoms with Gasteiger partial charge in [0.05, 0.1) is 11.6 Å². The molecule has 2 N–H and O–H groups in total. The third-order valence-electron chi connectivity index (χ3n) is 4.21. The lowest BCUT2D eigenvalue weighted by Crippen LogP contribution is -2.15. The molecule has 1 atom stereocenters. The highest BCUT2D eigenvalue weighted by atomic mass is 32.1. The van der Waals surface area contributed by atoms with E-state index in [1.54, 1.807) is 18.2 Å². The van der Waals surface area contributed by atoms with E-state index in [4.69, 9.17) is 0 Å². The summed E-state index contributed by atoms with van der Waals surface area (Å²) in [5.74, 6) is -0.0528. The number of hydrogen-bond acceptors (Lipinski definition) is 6. The third-order valence-corrected chi connectivity index (χ3v) is 4.82. The summed E-state index contributed by atoms with van der Waals surface area (Å²) in [6.45, 7) is 0. The molecule has 0 fully saturated rings. The van der Waals surface area contributed by atoms with Crippen LogP contribution in [0.2, 0.25) is 0 Å². The zero-order chi connectivity index (χ0) is 20.1. The van der Waals surface area contributed by atoms with E-state index in [0.717, 1.165) is 11.1 Å².